The van der Waals surface area contributed by atoms with Crippen molar-refractivity contribution in [3.63, 3.8) is 0 Å². The Kier molecular flexibility index (Phi) is 2.46. The number of rotatable bonds is 3. The number of hydrogen-bond donors (Lipinski definition) is 0. The highest BCUT2D eigenvalue weighted by Crippen LogP contribution is 2.46. The summed E-state index contributed by atoms with van der Waals surface area (Å²) in [6, 6.07) is 4.04. The second kappa shape index (κ2) is 3.99. The van der Waals surface area contributed by atoms with Crippen LogP contribution in [-0.4, -0.2) is 10.1 Å². The van der Waals surface area contributed by atoms with Crippen LogP contribution >= 0.6 is 0 Å². The molecule has 0 aromatic carbocycles. The quantitative estimate of drug-likeness (QED) is 0.803. The molecule has 0 aliphatic heterocycles. The fraction of sp³-hybridized carbons (Fsp3) is 0.429. The predicted molar refractivity (Wildman–Crippen MR) is 65.8 cm³/mol. The minimum absolute atomic E-state index is 0.376. The van der Waals surface area contributed by atoms with Crippen LogP contribution in [0.1, 0.15) is 50.0 Å². The molecule has 0 saturated heterocycles. The fourth-order valence-electron chi connectivity index (χ4n) is 2.13. The van der Waals surface area contributed by atoms with Gasteiger partial charge in [0.2, 0.25) is 0 Å². The first-order valence-corrected chi connectivity index (χ1v) is 6.17. The van der Waals surface area contributed by atoms with Crippen LogP contribution in [0, 0.1) is 0 Å². The Morgan fingerprint density at radius 3 is 2.76 bits per heavy atom. The molecular weight excluding hydrogens is 212 g/mol. The first-order valence-electron chi connectivity index (χ1n) is 6.17. The third-order valence-electron chi connectivity index (χ3n) is 3.19. The van der Waals surface area contributed by atoms with Gasteiger partial charge in [-0.1, -0.05) is 25.1 Å². The second-order valence-corrected chi connectivity index (χ2v) is 4.98. The molecule has 3 nitrogen and oxygen atoms in total. The average Bonchev–Trinajstić information content (AvgIpc) is 3.08. The zero-order chi connectivity index (χ0) is 11.8. The normalized spacial score (nSPS) is 15.5. The molecule has 0 unspecified atom stereocenters. The summed E-state index contributed by atoms with van der Waals surface area (Å²) in [5.41, 5.74) is 3.36. The molecule has 2 aromatic heterocycles. The van der Waals surface area contributed by atoms with E-state index in [1.165, 1.54) is 18.4 Å². The topological polar surface area (TPSA) is 38.9 Å². The first kappa shape index (κ1) is 10.5. The monoisotopic (exact) mass is 228 g/mol. The van der Waals surface area contributed by atoms with E-state index < -0.39 is 0 Å². The standard InChI is InChI=1S/C14H16N2O/c1-9(2)13-12(11-4-3-7-15-8-11)14(17-16-13)10-5-6-10/h3-4,7-10H,5-6H2,1-2H3. The SMILES string of the molecule is CC(C)c1noc(C2CC2)c1-c1cccnc1. The van der Waals surface area contributed by atoms with Gasteiger partial charge in [0, 0.05) is 29.4 Å². The van der Waals surface area contributed by atoms with Crippen LogP contribution in [0.4, 0.5) is 0 Å². The maximum absolute atomic E-state index is 5.56. The van der Waals surface area contributed by atoms with E-state index in [1.807, 2.05) is 12.3 Å². The van der Waals surface area contributed by atoms with Crippen LogP contribution < -0.4 is 0 Å². The van der Waals surface area contributed by atoms with E-state index in [0.29, 0.717) is 11.8 Å². The molecule has 3 heteroatoms. The molecule has 2 aromatic rings. The van der Waals surface area contributed by atoms with E-state index in [-0.39, 0.29) is 0 Å². The molecule has 1 aliphatic rings. The van der Waals surface area contributed by atoms with Gasteiger partial charge < -0.3 is 4.52 Å². The van der Waals surface area contributed by atoms with Crippen molar-refractivity contribution in [1.82, 2.24) is 10.1 Å². The number of pyridine rings is 1. The molecule has 0 N–H and O–H groups in total. The summed E-state index contributed by atoms with van der Waals surface area (Å²) in [4.78, 5) is 4.19. The van der Waals surface area contributed by atoms with Crippen molar-refractivity contribution < 1.29 is 4.52 Å². The van der Waals surface area contributed by atoms with Gasteiger partial charge in [-0.25, -0.2) is 0 Å². The highest BCUT2D eigenvalue weighted by Gasteiger charge is 2.33. The summed E-state index contributed by atoms with van der Waals surface area (Å²) >= 11 is 0. The van der Waals surface area contributed by atoms with Crippen molar-refractivity contribution in [3.05, 3.63) is 36.0 Å². The Hall–Kier alpha value is -1.64. The van der Waals surface area contributed by atoms with Crippen molar-refractivity contribution in [1.29, 1.82) is 0 Å². The zero-order valence-corrected chi connectivity index (χ0v) is 10.2. The number of nitrogens with zero attached hydrogens (tertiary/aromatic N) is 2. The summed E-state index contributed by atoms with van der Waals surface area (Å²) in [7, 11) is 0. The number of aromatic nitrogens is 2. The van der Waals surface area contributed by atoms with Crippen LogP contribution in [0.3, 0.4) is 0 Å². The maximum atomic E-state index is 5.56. The molecule has 0 atom stereocenters. The Bertz CT molecular complexity index is 493. The van der Waals surface area contributed by atoms with Gasteiger partial charge >= 0.3 is 0 Å². The molecular formula is C14H16N2O. The molecule has 1 aliphatic carbocycles. The molecule has 0 radical (unpaired) electrons. The summed E-state index contributed by atoms with van der Waals surface area (Å²) < 4.78 is 5.56. The lowest BCUT2D eigenvalue weighted by Crippen LogP contribution is -1.92. The smallest absolute Gasteiger partial charge is 0.147 e. The Morgan fingerprint density at radius 2 is 2.18 bits per heavy atom. The zero-order valence-electron chi connectivity index (χ0n) is 10.2. The largest absolute Gasteiger partial charge is 0.360 e. The van der Waals surface area contributed by atoms with Gasteiger partial charge in [-0.05, 0) is 24.8 Å². The molecule has 0 spiro atoms. The van der Waals surface area contributed by atoms with E-state index in [1.54, 1.807) is 6.20 Å². The van der Waals surface area contributed by atoms with Crippen molar-refractivity contribution in [2.45, 2.75) is 38.5 Å². The van der Waals surface area contributed by atoms with Crippen LogP contribution in [0.15, 0.2) is 29.0 Å². The molecule has 88 valence electrons. The summed E-state index contributed by atoms with van der Waals surface area (Å²) in [6.45, 7) is 4.29. The number of hydrogen-bond acceptors (Lipinski definition) is 3. The van der Waals surface area contributed by atoms with E-state index in [4.69, 9.17) is 4.52 Å². The molecule has 0 bridgehead atoms. The molecule has 3 rings (SSSR count). The minimum atomic E-state index is 0.376. The Labute approximate surface area is 101 Å². The van der Waals surface area contributed by atoms with E-state index >= 15 is 0 Å². The lowest BCUT2D eigenvalue weighted by Gasteiger charge is -2.05. The van der Waals surface area contributed by atoms with Crippen LogP contribution in [0.5, 0.6) is 0 Å². The average molecular weight is 228 g/mol. The van der Waals surface area contributed by atoms with Crippen molar-refractivity contribution in [2.24, 2.45) is 0 Å². The highest BCUT2D eigenvalue weighted by molar-refractivity contribution is 5.68. The Morgan fingerprint density at radius 1 is 1.35 bits per heavy atom. The van der Waals surface area contributed by atoms with Gasteiger partial charge in [-0.15, -0.1) is 0 Å². The molecule has 2 heterocycles. The van der Waals surface area contributed by atoms with Gasteiger partial charge in [0.25, 0.3) is 0 Å². The van der Waals surface area contributed by atoms with Gasteiger partial charge in [0.05, 0.1) is 5.69 Å². The van der Waals surface area contributed by atoms with E-state index in [2.05, 4.69) is 30.1 Å². The van der Waals surface area contributed by atoms with Gasteiger partial charge in [0.1, 0.15) is 5.76 Å². The Balaban J connectivity index is 2.14. The van der Waals surface area contributed by atoms with Crippen LogP contribution in [-0.2, 0) is 0 Å². The van der Waals surface area contributed by atoms with Crippen LogP contribution in [0.2, 0.25) is 0 Å². The van der Waals surface area contributed by atoms with Crippen LogP contribution in [0.25, 0.3) is 11.1 Å². The van der Waals surface area contributed by atoms with Crippen molar-refractivity contribution in [3.8, 4) is 11.1 Å². The maximum Gasteiger partial charge on any atom is 0.147 e. The summed E-state index contributed by atoms with van der Waals surface area (Å²) in [5, 5.41) is 4.25. The molecule has 1 fully saturated rings. The van der Waals surface area contributed by atoms with Crippen molar-refractivity contribution >= 4 is 0 Å². The van der Waals surface area contributed by atoms with E-state index in [9.17, 15) is 0 Å². The molecule has 1 saturated carbocycles. The lowest BCUT2D eigenvalue weighted by atomic mass is 9.97. The summed E-state index contributed by atoms with van der Waals surface area (Å²) in [5.74, 6) is 2.01. The summed E-state index contributed by atoms with van der Waals surface area (Å²) in [6.07, 6.45) is 6.13. The lowest BCUT2D eigenvalue weighted by molar-refractivity contribution is 0.376. The van der Waals surface area contributed by atoms with Crippen molar-refractivity contribution in [2.75, 3.05) is 0 Å². The second-order valence-electron chi connectivity index (χ2n) is 4.98. The highest BCUT2D eigenvalue weighted by atomic mass is 16.5. The molecule has 0 amide bonds. The molecule has 17 heavy (non-hydrogen) atoms. The third-order valence-corrected chi connectivity index (χ3v) is 3.19. The fourth-order valence-corrected chi connectivity index (χ4v) is 2.13. The third kappa shape index (κ3) is 1.86. The first-order chi connectivity index (χ1) is 8.27. The van der Waals surface area contributed by atoms with E-state index in [0.717, 1.165) is 17.0 Å². The van der Waals surface area contributed by atoms with Gasteiger partial charge in [-0.2, -0.15) is 0 Å². The predicted octanol–water partition coefficient (Wildman–Crippen LogP) is 3.74. The van der Waals surface area contributed by atoms with Gasteiger partial charge in [-0.3, -0.25) is 4.98 Å². The van der Waals surface area contributed by atoms with Gasteiger partial charge in [0.15, 0.2) is 0 Å². The minimum Gasteiger partial charge on any atom is -0.360 e.